The monoisotopic (exact) mass is 482 g/mol. The summed E-state index contributed by atoms with van der Waals surface area (Å²) in [6.45, 7) is 2.67. The van der Waals surface area contributed by atoms with E-state index < -0.39 is 11.7 Å². The number of hydrogen-bond acceptors (Lipinski definition) is 6. The Morgan fingerprint density at radius 2 is 1.83 bits per heavy atom. The van der Waals surface area contributed by atoms with Gasteiger partial charge >= 0.3 is 0 Å². The number of nitrogens with zero attached hydrogens (tertiary/aromatic N) is 2. The fraction of sp³-hybridized carbons (Fsp3) is 0.308. The summed E-state index contributed by atoms with van der Waals surface area (Å²) < 4.78 is 35.4. The fourth-order valence-corrected chi connectivity index (χ4v) is 3.77. The summed E-state index contributed by atoms with van der Waals surface area (Å²) in [4.78, 5) is 29.5. The van der Waals surface area contributed by atoms with E-state index >= 15 is 0 Å². The van der Waals surface area contributed by atoms with Gasteiger partial charge in [0.25, 0.3) is 5.91 Å². The Balaban J connectivity index is 1.55. The molecular formula is C26H27FN2O6. The highest BCUT2D eigenvalue weighted by molar-refractivity contribution is 5.96. The van der Waals surface area contributed by atoms with Gasteiger partial charge in [-0.05, 0) is 55.0 Å². The molecule has 2 heterocycles. The van der Waals surface area contributed by atoms with Gasteiger partial charge in [0.15, 0.2) is 11.5 Å². The molecule has 0 spiro atoms. The van der Waals surface area contributed by atoms with Crippen LogP contribution >= 0.6 is 0 Å². The van der Waals surface area contributed by atoms with Gasteiger partial charge in [-0.2, -0.15) is 0 Å². The maximum Gasteiger partial charge on any atom is 0.254 e. The summed E-state index contributed by atoms with van der Waals surface area (Å²) in [6.07, 6.45) is 0. The number of methoxy groups -OCH3 is 1. The molecule has 0 fully saturated rings. The molecule has 1 aromatic heterocycles. The average Bonchev–Trinajstić information content (AvgIpc) is 3.48. The van der Waals surface area contributed by atoms with Crippen LogP contribution in [-0.4, -0.2) is 55.2 Å². The van der Waals surface area contributed by atoms with Crippen LogP contribution in [0.3, 0.4) is 0 Å². The second-order valence-electron chi connectivity index (χ2n) is 8.18. The molecule has 2 aromatic carbocycles. The Morgan fingerprint density at radius 3 is 2.57 bits per heavy atom. The van der Waals surface area contributed by atoms with Crippen LogP contribution < -0.4 is 9.47 Å². The van der Waals surface area contributed by atoms with Gasteiger partial charge in [0.1, 0.15) is 23.9 Å². The second-order valence-corrected chi connectivity index (χ2v) is 8.18. The van der Waals surface area contributed by atoms with Crippen LogP contribution in [0, 0.1) is 12.7 Å². The quantitative estimate of drug-likeness (QED) is 0.438. The minimum atomic E-state index is -0.522. The zero-order valence-electron chi connectivity index (χ0n) is 19.7. The fourth-order valence-electron chi connectivity index (χ4n) is 3.77. The summed E-state index contributed by atoms with van der Waals surface area (Å²) in [5, 5.41) is 0. The van der Waals surface area contributed by atoms with Crippen LogP contribution in [0.4, 0.5) is 4.39 Å². The van der Waals surface area contributed by atoms with E-state index in [0.717, 1.165) is 17.4 Å². The van der Waals surface area contributed by atoms with Crippen molar-refractivity contribution < 1.29 is 32.6 Å². The highest BCUT2D eigenvalue weighted by Gasteiger charge is 2.24. The van der Waals surface area contributed by atoms with Gasteiger partial charge in [-0.15, -0.1) is 0 Å². The lowest BCUT2D eigenvalue weighted by Crippen LogP contribution is -2.43. The van der Waals surface area contributed by atoms with Gasteiger partial charge in [-0.1, -0.05) is 12.1 Å². The molecule has 2 amide bonds. The largest absolute Gasteiger partial charge is 0.464 e. The van der Waals surface area contributed by atoms with Crippen LogP contribution in [0.2, 0.25) is 0 Å². The predicted octanol–water partition coefficient (Wildman–Crippen LogP) is 3.77. The van der Waals surface area contributed by atoms with E-state index in [4.69, 9.17) is 18.6 Å². The Kier molecular flexibility index (Phi) is 7.67. The zero-order chi connectivity index (χ0) is 24.8. The number of amides is 2. The molecule has 1 aliphatic rings. The highest BCUT2D eigenvalue weighted by Crippen LogP contribution is 2.33. The number of carbonyl (C=O) groups is 2. The highest BCUT2D eigenvalue weighted by atomic mass is 19.1. The molecule has 0 saturated heterocycles. The number of hydrogen-bond donors (Lipinski definition) is 0. The van der Waals surface area contributed by atoms with Crippen LogP contribution in [0.25, 0.3) is 0 Å². The molecule has 0 saturated carbocycles. The van der Waals surface area contributed by atoms with Crippen molar-refractivity contribution in [2.24, 2.45) is 0 Å². The lowest BCUT2D eigenvalue weighted by molar-refractivity contribution is -0.133. The first-order valence-corrected chi connectivity index (χ1v) is 11.2. The van der Waals surface area contributed by atoms with E-state index in [9.17, 15) is 14.0 Å². The zero-order valence-corrected chi connectivity index (χ0v) is 19.7. The average molecular weight is 483 g/mol. The van der Waals surface area contributed by atoms with Crippen LogP contribution in [0.15, 0.2) is 59.0 Å². The number of aryl methyl sites for hydroxylation is 1. The van der Waals surface area contributed by atoms with Gasteiger partial charge in [-0.3, -0.25) is 9.59 Å². The van der Waals surface area contributed by atoms with Crippen molar-refractivity contribution in [1.82, 2.24) is 9.80 Å². The molecule has 4 rings (SSSR count). The van der Waals surface area contributed by atoms with E-state index in [1.54, 1.807) is 11.0 Å². The van der Waals surface area contributed by atoms with Crippen molar-refractivity contribution in [2.45, 2.75) is 20.0 Å². The maximum absolute atomic E-state index is 13.7. The molecule has 184 valence electrons. The summed E-state index contributed by atoms with van der Waals surface area (Å²) in [5.74, 6) is 1.36. The van der Waals surface area contributed by atoms with E-state index in [2.05, 4.69) is 0 Å². The molecule has 9 heteroatoms. The molecule has 35 heavy (non-hydrogen) atoms. The second kappa shape index (κ2) is 11.1. The van der Waals surface area contributed by atoms with Crippen molar-refractivity contribution in [2.75, 3.05) is 33.6 Å². The van der Waals surface area contributed by atoms with Gasteiger partial charge in [0.2, 0.25) is 12.7 Å². The lowest BCUT2D eigenvalue weighted by atomic mass is 10.1. The Morgan fingerprint density at radius 1 is 1.00 bits per heavy atom. The minimum Gasteiger partial charge on any atom is -0.464 e. The predicted molar refractivity (Wildman–Crippen MR) is 124 cm³/mol. The van der Waals surface area contributed by atoms with Crippen molar-refractivity contribution in [3.8, 4) is 11.5 Å². The van der Waals surface area contributed by atoms with Crippen molar-refractivity contribution >= 4 is 11.8 Å². The first-order chi connectivity index (χ1) is 16.9. The molecule has 3 aromatic rings. The normalized spacial score (nSPS) is 12.0. The Bertz CT molecular complexity index is 1190. The summed E-state index contributed by atoms with van der Waals surface area (Å²) in [7, 11) is 1.51. The minimum absolute atomic E-state index is 0.157. The summed E-state index contributed by atoms with van der Waals surface area (Å²) >= 11 is 0. The van der Waals surface area contributed by atoms with E-state index in [0.29, 0.717) is 17.3 Å². The number of carbonyl (C=O) groups excluding carboxylic acids is 2. The molecule has 0 radical (unpaired) electrons. The number of fused-ring (bicyclic) bond motifs is 1. The molecule has 0 N–H and O–H groups in total. The summed E-state index contributed by atoms with van der Waals surface area (Å²) in [6, 6.07) is 14.5. The Labute approximate surface area is 202 Å². The molecule has 0 unspecified atom stereocenters. The van der Waals surface area contributed by atoms with Crippen LogP contribution in [0.5, 0.6) is 11.5 Å². The topological polar surface area (TPSA) is 81.5 Å². The molecular weight excluding hydrogens is 455 g/mol. The third kappa shape index (κ3) is 6.19. The Hall–Kier alpha value is -3.85. The molecule has 1 aliphatic heterocycles. The summed E-state index contributed by atoms with van der Waals surface area (Å²) in [5.41, 5.74) is 1.00. The number of furan rings is 1. The molecule has 0 aliphatic carbocycles. The van der Waals surface area contributed by atoms with Crippen molar-refractivity contribution in [3.05, 3.63) is 83.1 Å². The van der Waals surface area contributed by atoms with Gasteiger partial charge in [-0.25, -0.2) is 4.39 Å². The standard InChI is InChI=1S/C26H27FN2O6/c1-18-6-8-22(35-18)15-29(14-19-7-9-23-24(12-19)34-17-33-23)25(30)16-28(10-11-32-2)26(31)20-4-3-5-21(27)13-20/h3-9,12-13H,10-11,14-17H2,1-2H3. The number of rotatable bonds is 10. The van der Waals surface area contributed by atoms with Crippen molar-refractivity contribution in [3.63, 3.8) is 0 Å². The lowest BCUT2D eigenvalue weighted by Gasteiger charge is -2.27. The molecule has 8 nitrogen and oxygen atoms in total. The third-order valence-electron chi connectivity index (χ3n) is 5.56. The number of benzene rings is 2. The van der Waals surface area contributed by atoms with Crippen LogP contribution in [0.1, 0.15) is 27.4 Å². The van der Waals surface area contributed by atoms with Gasteiger partial charge < -0.3 is 28.4 Å². The van der Waals surface area contributed by atoms with E-state index in [1.807, 2.05) is 31.2 Å². The molecule has 0 bridgehead atoms. The number of ether oxygens (including phenoxy) is 3. The maximum atomic E-state index is 13.7. The SMILES string of the molecule is COCCN(CC(=O)N(Cc1ccc2c(c1)OCO2)Cc1ccc(C)o1)C(=O)c1cccc(F)c1. The van der Waals surface area contributed by atoms with E-state index in [1.165, 1.54) is 30.2 Å². The van der Waals surface area contributed by atoms with E-state index in [-0.39, 0.29) is 51.0 Å². The first-order valence-electron chi connectivity index (χ1n) is 11.2. The van der Waals surface area contributed by atoms with Gasteiger partial charge in [0.05, 0.1) is 13.2 Å². The number of halogens is 1. The van der Waals surface area contributed by atoms with Crippen LogP contribution in [-0.2, 0) is 22.6 Å². The smallest absolute Gasteiger partial charge is 0.254 e. The molecule has 0 atom stereocenters. The first kappa shape index (κ1) is 24.3. The van der Waals surface area contributed by atoms with Crippen molar-refractivity contribution in [1.29, 1.82) is 0 Å². The van der Waals surface area contributed by atoms with Gasteiger partial charge in [0, 0.05) is 25.8 Å². The third-order valence-corrected chi connectivity index (χ3v) is 5.56.